The highest BCUT2D eigenvalue weighted by Gasteiger charge is 2.10. The molecular weight excluding hydrogens is 208 g/mol. The first kappa shape index (κ1) is 12.2. The van der Waals surface area contributed by atoms with Gasteiger partial charge in [-0.2, -0.15) is 0 Å². The van der Waals surface area contributed by atoms with Crippen molar-refractivity contribution >= 4 is 11.9 Å². The largest absolute Gasteiger partial charge is 0.550 e. The van der Waals surface area contributed by atoms with Gasteiger partial charge in [-0.1, -0.05) is 30.3 Å². The summed E-state index contributed by atoms with van der Waals surface area (Å²) in [7, 11) is 0. The first-order valence-electron chi connectivity index (χ1n) is 5.04. The standard InChI is InChI=1S/C12H14O4/c13-11(14)8-10(12(15)16)7-6-9-4-2-1-3-5-9/h1-5,10H,6-8H2,(H,13,14)(H,15,16)/p-2. The third-order valence-corrected chi connectivity index (χ3v) is 2.37. The Morgan fingerprint density at radius 3 is 2.25 bits per heavy atom. The number of benzene rings is 1. The summed E-state index contributed by atoms with van der Waals surface area (Å²) >= 11 is 0. The van der Waals surface area contributed by atoms with Crippen LogP contribution in [-0.4, -0.2) is 11.9 Å². The number of aryl methyl sites for hydroxylation is 1. The number of carbonyl (C=O) groups excluding carboxylic acids is 2. The van der Waals surface area contributed by atoms with Crippen molar-refractivity contribution < 1.29 is 19.8 Å². The first-order chi connectivity index (χ1) is 7.59. The molecule has 4 nitrogen and oxygen atoms in total. The summed E-state index contributed by atoms with van der Waals surface area (Å²) in [5.74, 6) is -3.67. The molecule has 86 valence electrons. The van der Waals surface area contributed by atoms with E-state index in [-0.39, 0.29) is 6.42 Å². The van der Waals surface area contributed by atoms with Crippen molar-refractivity contribution in [3.63, 3.8) is 0 Å². The summed E-state index contributed by atoms with van der Waals surface area (Å²) < 4.78 is 0. The molecule has 1 aromatic carbocycles. The lowest BCUT2D eigenvalue weighted by Crippen LogP contribution is -2.36. The average molecular weight is 220 g/mol. The molecule has 0 aliphatic carbocycles. The highest BCUT2D eigenvalue weighted by atomic mass is 16.4. The van der Waals surface area contributed by atoms with Crippen LogP contribution in [0.15, 0.2) is 30.3 Å². The van der Waals surface area contributed by atoms with Gasteiger partial charge in [0, 0.05) is 17.9 Å². The molecule has 0 aromatic heterocycles. The van der Waals surface area contributed by atoms with Crippen LogP contribution >= 0.6 is 0 Å². The quantitative estimate of drug-likeness (QED) is 0.623. The van der Waals surface area contributed by atoms with Crippen LogP contribution in [-0.2, 0) is 16.0 Å². The van der Waals surface area contributed by atoms with Gasteiger partial charge in [-0.05, 0) is 24.8 Å². The Balaban J connectivity index is 2.50. The molecule has 1 unspecified atom stereocenters. The molecule has 0 fully saturated rings. The van der Waals surface area contributed by atoms with Crippen molar-refractivity contribution in [2.45, 2.75) is 19.3 Å². The SMILES string of the molecule is O=C([O-])CC(CCc1ccccc1)C(=O)[O-]. The molecule has 0 spiro atoms. The molecule has 0 heterocycles. The van der Waals surface area contributed by atoms with Crippen molar-refractivity contribution in [1.82, 2.24) is 0 Å². The van der Waals surface area contributed by atoms with Gasteiger partial charge in [0.15, 0.2) is 0 Å². The summed E-state index contributed by atoms with van der Waals surface area (Å²) in [5.41, 5.74) is 0.979. The maximum atomic E-state index is 10.7. The lowest BCUT2D eigenvalue weighted by Gasteiger charge is -2.18. The van der Waals surface area contributed by atoms with Crippen LogP contribution in [0.1, 0.15) is 18.4 Å². The molecule has 0 amide bonds. The average Bonchev–Trinajstić information content (AvgIpc) is 2.25. The van der Waals surface area contributed by atoms with E-state index in [1.807, 2.05) is 30.3 Å². The zero-order valence-corrected chi connectivity index (χ0v) is 8.72. The zero-order chi connectivity index (χ0) is 12.0. The van der Waals surface area contributed by atoms with Crippen LogP contribution in [0.5, 0.6) is 0 Å². The third-order valence-electron chi connectivity index (χ3n) is 2.37. The number of aliphatic carboxylic acids is 2. The van der Waals surface area contributed by atoms with Gasteiger partial charge >= 0.3 is 0 Å². The second-order valence-electron chi connectivity index (χ2n) is 3.62. The van der Waals surface area contributed by atoms with E-state index in [1.54, 1.807) is 0 Å². The van der Waals surface area contributed by atoms with Crippen molar-refractivity contribution in [2.24, 2.45) is 5.92 Å². The predicted octanol–water partition coefficient (Wildman–Crippen LogP) is -0.875. The fourth-order valence-electron chi connectivity index (χ4n) is 1.49. The third kappa shape index (κ3) is 4.13. The summed E-state index contributed by atoms with van der Waals surface area (Å²) in [4.78, 5) is 21.0. The van der Waals surface area contributed by atoms with E-state index < -0.39 is 24.3 Å². The Labute approximate surface area is 93.5 Å². The Morgan fingerprint density at radius 2 is 1.75 bits per heavy atom. The van der Waals surface area contributed by atoms with Gasteiger partial charge < -0.3 is 19.8 Å². The van der Waals surface area contributed by atoms with Gasteiger partial charge in [-0.25, -0.2) is 0 Å². The molecule has 4 heteroatoms. The van der Waals surface area contributed by atoms with Crippen LogP contribution in [0.4, 0.5) is 0 Å². The Hall–Kier alpha value is -1.84. The molecule has 16 heavy (non-hydrogen) atoms. The minimum atomic E-state index is -1.36. The van der Waals surface area contributed by atoms with Crippen LogP contribution < -0.4 is 10.2 Å². The fourth-order valence-corrected chi connectivity index (χ4v) is 1.49. The summed E-state index contributed by atoms with van der Waals surface area (Å²) in [5, 5.41) is 21.0. The number of rotatable bonds is 6. The Morgan fingerprint density at radius 1 is 1.12 bits per heavy atom. The number of hydrogen-bond acceptors (Lipinski definition) is 4. The molecule has 0 radical (unpaired) electrons. The maximum Gasteiger partial charge on any atom is 0.0449 e. The van der Waals surface area contributed by atoms with Crippen molar-refractivity contribution in [1.29, 1.82) is 0 Å². The van der Waals surface area contributed by atoms with E-state index in [1.165, 1.54) is 0 Å². The monoisotopic (exact) mass is 220 g/mol. The van der Waals surface area contributed by atoms with Crippen LogP contribution in [0.3, 0.4) is 0 Å². The molecule has 1 rings (SSSR count). The summed E-state index contributed by atoms with van der Waals surface area (Å²) in [6, 6.07) is 9.29. The smallest absolute Gasteiger partial charge is 0.0449 e. The van der Waals surface area contributed by atoms with Gasteiger partial charge in [-0.3, -0.25) is 0 Å². The molecule has 0 N–H and O–H groups in total. The molecule has 0 saturated heterocycles. The van der Waals surface area contributed by atoms with Crippen molar-refractivity contribution in [3.05, 3.63) is 35.9 Å². The second kappa shape index (κ2) is 5.90. The van der Waals surface area contributed by atoms with E-state index in [0.29, 0.717) is 6.42 Å². The number of carboxylic acid groups (broad SMARTS) is 2. The first-order valence-corrected chi connectivity index (χ1v) is 5.04. The van der Waals surface area contributed by atoms with Crippen molar-refractivity contribution in [2.75, 3.05) is 0 Å². The molecule has 0 aliphatic rings. The number of carbonyl (C=O) groups is 2. The zero-order valence-electron chi connectivity index (χ0n) is 8.72. The van der Waals surface area contributed by atoms with E-state index >= 15 is 0 Å². The lowest BCUT2D eigenvalue weighted by atomic mass is 9.97. The number of hydrogen-bond donors (Lipinski definition) is 0. The van der Waals surface area contributed by atoms with E-state index in [4.69, 9.17) is 0 Å². The second-order valence-corrected chi connectivity index (χ2v) is 3.62. The lowest BCUT2D eigenvalue weighted by molar-refractivity contribution is -0.320. The van der Waals surface area contributed by atoms with Crippen LogP contribution in [0, 0.1) is 5.92 Å². The fraction of sp³-hybridized carbons (Fsp3) is 0.333. The van der Waals surface area contributed by atoms with E-state index in [2.05, 4.69) is 0 Å². The van der Waals surface area contributed by atoms with E-state index in [9.17, 15) is 19.8 Å². The molecule has 0 aliphatic heterocycles. The van der Waals surface area contributed by atoms with E-state index in [0.717, 1.165) is 5.56 Å². The summed E-state index contributed by atoms with van der Waals surface area (Å²) in [6.45, 7) is 0. The molecule has 1 aromatic rings. The Kier molecular flexibility index (Phi) is 4.51. The highest BCUT2D eigenvalue weighted by molar-refractivity contribution is 5.75. The normalized spacial score (nSPS) is 12.0. The van der Waals surface area contributed by atoms with Gasteiger partial charge in [-0.15, -0.1) is 0 Å². The van der Waals surface area contributed by atoms with Gasteiger partial charge in [0.1, 0.15) is 0 Å². The van der Waals surface area contributed by atoms with Gasteiger partial charge in [0.2, 0.25) is 0 Å². The molecule has 0 bridgehead atoms. The minimum Gasteiger partial charge on any atom is -0.550 e. The molecule has 0 saturated carbocycles. The van der Waals surface area contributed by atoms with Crippen LogP contribution in [0.25, 0.3) is 0 Å². The van der Waals surface area contributed by atoms with Gasteiger partial charge in [0.05, 0.1) is 0 Å². The maximum absolute atomic E-state index is 10.7. The minimum absolute atomic E-state index is 0.250. The van der Waals surface area contributed by atoms with Gasteiger partial charge in [0.25, 0.3) is 0 Å². The van der Waals surface area contributed by atoms with Crippen molar-refractivity contribution in [3.8, 4) is 0 Å². The Bertz CT molecular complexity index is 359. The number of carboxylic acids is 2. The topological polar surface area (TPSA) is 80.3 Å². The highest BCUT2D eigenvalue weighted by Crippen LogP contribution is 2.12. The van der Waals surface area contributed by atoms with Crippen LogP contribution in [0.2, 0.25) is 0 Å². The molecule has 1 atom stereocenters. The summed E-state index contributed by atoms with van der Waals surface area (Å²) in [6.07, 6.45) is 0.280. The molecular formula is C12H12O4-2. The predicted molar refractivity (Wildman–Crippen MR) is 52.9 cm³/mol.